The molecule has 0 spiro atoms. The van der Waals surface area contributed by atoms with Gasteiger partial charge in [-0.2, -0.15) is 5.10 Å². The van der Waals surface area contributed by atoms with E-state index in [4.69, 9.17) is 0 Å². The Morgan fingerprint density at radius 2 is 2.10 bits per heavy atom. The van der Waals surface area contributed by atoms with Crippen molar-refractivity contribution in [3.63, 3.8) is 0 Å². The summed E-state index contributed by atoms with van der Waals surface area (Å²) in [5.41, 5.74) is 3.91. The van der Waals surface area contributed by atoms with E-state index < -0.39 is 0 Å². The van der Waals surface area contributed by atoms with Crippen LogP contribution in [0, 0.1) is 6.92 Å². The number of rotatable bonds is 5. The van der Waals surface area contributed by atoms with Crippen LogP contribution in [0.15, 0.2) is 30.5 Å². The summed E-state index contributed by atoms with van der Waals surface area (Å²) in [7, 11) is 0. The van der Waals surface area contributed by atoms with Gasteiger partial charge in [0.15, 0.2) is 0 Å². The van der Waals surface area contributed by atoms with Crippen molar-refractivity contribution in [2.75, 3.05) is 5.32 Å². The summed E-state index contributed by atoms with van der Waals surface area (Å²) < 4.78 is 0. The number of hydrogen-bond acceptors (Lipinski definition) is 3. The second kappa shape index (κ2) is 5.36. The summed E-state index contributed by atoms with van der Waals surface area (Å²) in [6, 6.07) is 7.95. The molecule has 1 aromatic heterocycles. The van der Waals surface area contributed by atoms with E-state index in [0.717, 1.165) is 36.3 Å². The van der Waals surface area contributed by atoms with Crippen molar-refractivity contribution in [3.8, 4) is 0 Å². The third-order valence-electron chi connectivity index (χ3n) is 3.48. The van der Waals surface area contributed by atoms with Crippen LogP contribution in [0.1, 0.15) is 34.5 Å². The maximum atomic E-state index is 11.9. The van der Waals surface area contributed by atoms with Crippen LogP contribution in [0.3, 0.4) is 0 Å². The molecule has 0 atom stereocenters. The first-order valence-corrected chi connectivity index (χ1v) is 6.86. The number of anilines is 1. The summed E-state index contributed by atoms with van der Waals surface area (Å²) in [4.78, 5) is 11.9. The number of carbonyl (C=O) groups excluding carboxylic acids is 1. The van der Waals surface area contributed by atoms with Crippen LogP contribution in [0.4, 0.5) is 5.69 Å². The molecule has 1 aromatic carbocycles. The van der Waals surface area contributed by atoms with Gasteiger partial charge >= 0.3 is 0 Å². The Morgan fingerprint density at radius 3 is 2.70 bits per heavy atom. The number of H-pyrrole nitrogens is 1. The lowest BCUT2D eigenvalue weighted by Gasteiger charge is -2.07. The number of aryl methyl sites for hydroxylation is 1. The highest BCUT2D eigenvalue weighted by Crippen LogP contribution is 2.19. The molecule has 0 unspecified atom stereocenters. The number of carbonyl (C=O) groups is 1. The van der Waals surface area contributed by atoms with E-state index in [1.807, 2.05) is 37.4 Å². The van der Waals surface area contributed by atoms with Crippen LogP contribution < -0.4 is 10.6 Å². The SMILES string of the molecule is Cc1[nH]ncc1CNc1ccc(C(=O)NC2CC2)cc1. The zero-order valence-corrected chi connectivity index (χ0v) is 11.4. The van der Waals surface area contributed by atoms with Crippen LogP contribution in [0.5, 0.6) is 0 Å². The van der Waals surface area contributed by atoms with Crippen LogP contribution in [0.2, 0.25) is 0 Å². The smallest absolute Gasteiger partial charge is 0.251 e. The van der Waals surface area contributed by atoms with E-state index in [9.17, 15) is 4.79 Å². The van der Waals surface area contributed by atoms with E-state index in [-0.39, 0.29) is 5.91 Å². The second-order valence-electron chi connectivity index (χ2n) is 5.20. The van der Waals surface area contributed by atoms with Crippen molar-refractivity contribution >= 4 is 11.6 Å². The van der Waals surface area contributed by atoms with Crippen LogP contribution >= 0.6 is 0 Å². The molecule has 1 amide bonds. The molecule has 2 aromatic rings. The number of benzene rings is 1. The molecule has 1 heterocycles. The predicted molar refractivity (Wildman–Crippen MR) is 77.6 cm³/mol. The minimum absolute atomic E-state index is 0.0183. The summed E-state index contributed by atoms with van der Waals surface area (Å²) in [6.07, 6.45) is 4.03. The van der Waals surface area contributed by atoms with Crippen molar-refractivity contribution in [2.24, 2.45) is 0 Å². The van der Waals surface area contributed by atoms with Crippen LogP contribution in [-0.4, -0.2) is 22.1 Å². The standard InChI is InChI=1S/C15H18N4O/c1-10-12(9-17-19-10)8-16-13-4-2-11(3-5-13)15(20)18-14-6-7-14/h2-5,9,14,16H,6-8H2,1H3,(H,17,19)(H,18,20). The van der Waals surface area contributed by atoms with Crippen molar-refractivity contribution in [1.82, 2.24) is 15.5 Å². The number of nitrogens with one attached hydrogen (secondary N) is 3. The molecule has 1 fully saturated rings. The van der Waals surface area contributed by atoms with Gasteiger partial charge in [0.2, 0.25) is 0 Å². The molecule has 3 N–H and O–H groups in total. The van der Waals surface area contributed by atoms with E-state index >= 15 is 0 Å². The molecule has 1 aliphatic carbocycles. The molecule has 5 nitrogen and oxygen atoms in total. The van der Waals surface area contributed by atoms with Gasteiger partial charge in [-0.05, 0) is 44.0 Å². The van der Waals surface area contributed by atoms with E-state index in [0.29, 0.717) is 11.6 Å². The zero-order chi connectivity index (χ0) is 13.9. The van der Waals surface area contributed by atoms with E-state index in [2.05, 4.69) is 20.8 Å². The molecule has 1 saturated carbocycles. The first-order valence-electron chi connectivity index (χ1n) is 6.86. The highest BCUT2D eigenvalue weighted by Gasteiger charge is 2.23. The molecule has 0 aliphatic heterocycles. The summed E-state index contributed by atoms with van der Waals surface area (Å²) in [5.74, 6) is 0.0183. The largest absolute Gasteiger partial charge is 0.381 e. The lowest BCUT2D eigenvalue weighted by Crippen LogP contribution is -2.25. The monoisotopic (exact) mass is 270 g/mol. The van der Waals surface area contributed by atoms with Crippen molar-refractivity contribution in [1.29, 1.82) is 0 Å². The fourth-order valence-electron chi connectivity index (χ4n) is 1.99. The van der Waals surface area contributed by atoms with Gasteiger partial charge in [0, 0.05) is 35.1 Å². The zero-order valence-electron chi connectivity index (χ0n) is 11.4. The minimum Gasteiger partial charge on any atom is -0.381 e. The molecular formula is C15H18N4O. The van der Waals surface area contributed by atoms with E-state index in [1.54, 1.807) is 0 Å². The number of nitrogens with zero attached hydrogens (tertiary/aromatic N) is 1. The first-order chi connectivity index (χ1) is 9.72. The quantitative estimate of drug-likeness (QED) is 0.780. The Hall–Kier alpha value is -2.30. The second-order valence-corrected chi connectivity index (χ2v) is 5.20. The molecule has 0 bridgehead atoms. The lowest BCUT2D eigenvalue weighted by molar-refractivity contribution is 0.0951. The van der Waals surface area contributed by atoms with Crippen LogP contribution in [0.25, 0.3) is 0 Å². The average molecular weight is 270 g/mol. The topological polar surface area (TPSA) is 69.8 Å². The van der Waals surface area contributed by atoms with Gasteiger partial charge in [-0.15, -0.1) is 0 Å². The van der Waals surface area contributed by atoms with E-state index in [1.165, 1.54) is 0 Å². The summed E-state index contributed by atoms with van der Waals surface area (Å²) in [5, 5.41) is 13.2. The molecular weight excluding hydrogens is 252 g/mol. The molecule has 1 aliphatic rings. The van der Waals surface area contributed by atoms with Gasteiger partial charge in [0.1, 0.15) is 0 Å². The van der Waals surface area contributed by atoms with Gasteiger partial charge in [-0.1, -0.05) is 0 Å². The van der Waals surface area contributed by atoms with Crippen molar-refractivity contribution in [2.45, 2.75) is 32.4 Å². The number of aromatic nitrogens is 2. The number of aromatic amines is 1. The Balaban J connectivity index is 1.58. The van der Waals surface area contributed by atoms with Gasteiger partial charge in [-0.3, -0.25) is 9.89 Å². The molecule has 3 rings (SSSR count). The number of amides is 1. The van der Waals surface area contributed by atoms with Gasteiger partial charge in [-0.25, -0.2) is 0 Å². The van der Waals surface area contributed by atoms with Crippen LogP contribution in [-0.2, 0) is 6.54 Å². The minimum atomic E-state index is 0.0183. The van der Waals surface area contributed by atoms with Gasteiger partial charge in [0.25, 0.3) is 5.91 Å². The third kappa shape index (κ3) is 2.99. The molecule has 5 heteroatoms. The third-order valence-corrected chi connectivity index (χ3v) is 3.48. The molecule has 20 heavy (non-hydrogen) atoms. The normalized spacial score (nSPS) is 14.1. The fraction of sp³-hybridized carbons (Fsp3) is 0.333. The molecule has 0 saturated heterocycles. The summed E-state index contributed by atoms with van der Waals surface area (Å²) in [6.45, 7) is 2.71. The predicted octanol–water partition coefficient (Wildman–Crippen LogP) is 2.22. The highest BCUT2D eigenvalue weighted by molar-refractivity contribution is 5.94. The van der Waals surface area contributed by atoms with Crippen molar-refractivity contribution < 1.29 is 4.79 Å². The lowest BCUT2D eigenvalue weighted by atomic mass is 10.2. The van der Waals surface area contributed by atoms with Gasteiger partial charge in [0.05, 0.1) is 6.20 Å². The summed E-state index contributed by atoms with van der Waals surface area (Å²) >= 11 is 0. The Labute approximate surface area is 117 Å². The highest BCUT2D eigenvalue weighted by atomic mass is 16.1. The Kier molecular flexibility index (Phi) is 3.41. The molecule has 0 radical (unpaired) electrons. The van der Waals surface area contributed by atoms with Gasteiger partial charge < -0.3 is 10.6 Å². The Bertz CT molecular complexity index is 599. The Morgan fingerprint density at radius 1 is 1.35 bits per heavy atom. The average Bonchev–Trinajstić information content (AvgIpc) is 3.18. The number of hydrogen-bond donors (Lipinski definition) is 3. The fourth-order valence-corrected chi connectivity index (χ4v) is 1.99. The first kappa shape index (κ1) is 12.7. The molecule has 104 valence electrons. The van der Waals surface area contributed by atoms with Crippen molar-refractivity contribution in [3.05, 3.63) is 47.3 Å². The maximum absolute atomic E-state index is 11.9. The maximum Gasteiger partial charge on any atom is 0.251 e.